The van der Waals surface area contributed by atoms with Crippen LogP contribution in [0.2, 0.25) is 0 Å². The molecule has 0 saturated carbocycles. The van der Waals surface area contributed by atoms with Crippen molar-refractivity contribution in [3.05, 3.63) is 56.4 Å². The Morgan fingerprint density at radius 1 is 1.04 bits per heavy atom. The average Bonchev–Trinajstić information content (AvgIpc) is 2.65. The molecule has 1 heterocycles. The molecule has 0 unspecified atom stereocenters. The maximum Gasteiger partial charge on any atom is 0.330 e. The summed E-state index contributed by atoms with van der Waals surface area (Å²) in [4.78, 5) is 30.6. The second-order valence-electron chi connectivity index (χ2n) is 5.85. The van der Waals surface area contributed by atoms with Crippen LogP contribution in [0.15, 0.2) is 38.8 Å². The number of alkyl halides is 2. The van der Waals surface area contributed by atoms with Crippen molar-refractivity contribution >= 4 is 40.8 Å². The largest absolute Gasteiger partial charge is 0.369 e. The molecule has 0 radical (unpaired) electrons. The van der Waals surface area contributed by atoms with Crippen molar-refractivity contribution in [1.29, 1.82) is 0 Å². The van der Waals surface area contributed by atoms with Crippen molar-refractivity contribution in [3.63, 3.8) is 0 Å². The van der Waals surface area contributed by atoms with E-state index in [9.17, 15) is 9.59 Å². The lowest BCUT2D eigenvalue weighted by Gasteiger charge is -2.22. The number of hydrogen-bond donors (Lipinski definition) is 0. The average molecular weight is 397 g/mol. The molecule has 0 aliphatic heterocycles. The lowest BCUT2D eigenvalue weighted by molar-refractivity contribution is 0.669. The van der Waals surface area contributed by atoms with Crippen LogP contribution >= 0.6 is 23.2 Å². The molecule has 2 aromatic rings. The lowest BCUT2D eigenvalue weighted by atomic mass is 10.2. The Hall–Kier alpha value is -2.05. The van der Waals surface area contributed by atoms with Gasteiger partial charge in [0, 0.05) is 50.8 Å². The van der Waals surface area contributed by atoms with Gasteiger partial charge in [-0.05, 0) is 24.6 Å². The molecule has 0 aliphatic carbocycles. The van der Waals surface area contributed by atoms with Crippen molar-refractivity contribution in [1.82, 2.24) is 9.13 Å². The van der Waals surface area contributed by atoms with Crippen LogP contribution < -0.4 is 16.1 Å². The van der Waals surface area contributed by atoms with Crippen LogP contribution in [-0.2, 0) is 14.1 Å². The molecule has 0 amide bonds. The van der Waals surface area contributed by atoms with E-state index in [0.717, 1.165) is 28.9 Å². The van der Waals surface area contributed by atoms with Gasteiger partial charge in [0.15, 0.2) is 0 Å². The number of anilines is 1. The predicted octanol–water partition coefficient (Wildman–Crippen LogP) is 2.43. The van der Waals surface area contributed by atoms with Crippen LogP contribution in [0.1, 0.15) is 11.3 Å². The highest BCUT2D eigenvalue weighted by Gasteiger charge is 2.11. The zero-order valence-corrected chi connectivity index (χ0v) is 16.6. The maximum atomic E-state index is 12.3. The van der Waals surface area contributed by atoms with E-state index in [1.54, 1.807) is 20.2 Å². The first kappa shape index (κ1) is 20.3. The summed E-state index contributed by atoms with van der Waals surface area (Å²) in [6.07, 6.45) is 1.62. The number of benzene rings is 1. The SMILES string of the molecule is Cc1c(N=Cc2ccc(N(CCCl)CCCl)cc2)c(=O)n(C)c(=O)n1C. The number of hydrogen-bond acceptors (Lipinski definition) is 4. The first-order valence-corrected chi connectivity index (χ1v) is 9.25. The lowest BCUT2D eigenvalue weighted by Crippen LogP contribution is -2.37. The molecule has 1 aromatic carbocycles. The fourth-order valence-corrected chi connectivity index (χ4v) is 2.97. The summed E-state index contributed by atoms with van der Waals surface area (Å²) in [5.41, 5.74) is 1.88. The Morgan fingerprint density at radius 2 is 1.62 bits per heavy atom. The molecule has 8 heteroatoms. The van der Waals surface area contributed by atoms with E-state index < -0.39 is 5.56 Å². The summed E-state index contributed by atoms with van der Waals surface area (Å²) in [6, 6.07) is 7.75. The highest BCUT2D eigenvalue weighted by atomic mass is 35.5. The van der Waals surface area contributed by atoms with Gasteiger partial charge < -0.3 is 4.90 Å². The van der Waals surface area contributed by atoms with Crippen LogP contribution in [-0.4, -0.2) is 40.2 Å². The van der Waals surface area contributed by atoms with Gasteiger partial charge in [-0.15, -0.1) is 23.2 Å². The van der Waals surface area contributed by atoms with Gasteiger partial charge in [0.05, 0.1) is 5.69 Å². The Kier molecular flexibility index (Phi) is 7.06. The van der Waals surface area contributed by atoms with Gasteiger partial charge in [0.2, 0.25) is 0 Å². The highest BCUT2D eigenvalue weighted by Crippen LogP contribution is 2.16. The van der Waals surface area contributed by atoms with Gasteiger partial charge >= 0.3 is 5.69 Å². The minimum absolute atomic E-state index is 0.254. The van der Waals surface area contributed by atoms with Crippen molar-refractivity contribution in [3.8, 4) is 0 Å². The van der Waals surface area contributed by atoms with Gasteiger partial charge in [-0.25, -0.2) is 9.79 Å². The molecule has 0 spiro atoms. The highest BCUT2D eigenvalue weighted by molar-refractivity contribution is 6.18. The van der Waals surface area contributed by atoms with Gasteiger partial charge in [0.1, 0.15) is 5.69 Å². The fraction of sp³-hybridized carbons (Fsp3) is 0.389. The quantitative estimate of drug-likeness (QED) is 0.533. The van der Waals surface area contributed by atoms with E-state index in [4.69, 9.17) is 23.2 Å². The zero-order chi connectivity index (χ0) is 19.3. The van der Waals surface area contributed by atoms with E-state index in [0.29, 0.717) is 17.5 Å². The van der Waals surface area contributed by atoms with Crippen LogP contribution in [0.5, 0.6) is 0 Å². The summed E-state index contributed by atoms with van der Waals surface area (Å²) in [7, 11) is 3.06. The van der Waals surface area contributed by atoms with E-state index in [1.807, 2.05) is 24.3 Å². The van der Waals surface area contributed by atoms with Gasteiger partial charge in [-0.3, -0.25) is 13.9 Å². The first-order valence-electron chi connectivity index (χ1n) is 8.18. The first-order chi connectivity index (χ1) is 12.4. The third kappa shape index (κ3) is 4.37. The van der Waals surface area contributed by atoms with Crippen molar-refractivity contribution in [2.24, 2.45) is 19.1 Å². The molecular formula is C18H22Cl2N4O2. The minimum atomic E-state index is -0.408. The number of aromatic nitrogens is 2. The van der Waals surface area contributed by atoms with E-state index >= 15 is 0 Å². The second-order valence-corrected chi connectivity index (χ2v) is 6.61. The van der Waals surface area contributed by atoms with E-state index in [1.165, 1.54) is 11.6 Å². The summed E-state index contributed by atoms with van der Waals surface area (Å²) in [5, 5.41) is 0. The topological polar surface area (TPSA) is 59.6 Å². The molecular weight excluding hydrogens is 375 g/mol. The molecule has 0 atom stereocenters. The van der Waals surface area contributed by atoms with Gasteiger partial charge in [-0.1, -0.05) is 12.1 Å². The Labute approximate surface area is 162 Å². The monoisotopic (exact) mass is 396 g/mol. The van der Waals surface area contributed by atoms with Crippen LogP contribution in [0.25, 0.3) is 0 Å². The summed E-state index contributed by atoms with van der Waals surface area (Å²) >= 11 is 11.7. The predicted molar refractivity (Wildman–Crippen MR) is 109 cm³/mol. The summed E-state index contributed by atoms with van der Waals surface area (Å²) in [6.45, 7) is 3.14. The molecule has 1 aromatic heterocycles. The number of halogens is 2. The summed E-state index contributed by atoms with van der Waals surface area (Å²) in [5.74, 6) is 1.05. The van der Waals surface area contributed by atoms with Crippen LogP contribution in [0.4, 0.5) is 11.4 Å². The fourth-order valence-electron chi connectivity index (χ4n) is 2.56. The minimum Gasteiger partial charge on any atom is -0.369 e. The number of rotatable bonds is 7. The molecule has 26 heavy (non-hydrogen) atoms. The smallest absolute Gasteiger partial charge is 0.330 e. The standard InChI is InChI=1S/C18H22Cl2N4O2/c1-13-16(17(25)23(3)18(26)22(13)2)21-12-14-4-6-15(7-5-14)24(10-8-19)11-9-20/h4-7,12H,8-11H2,1-3H3. The van der Waals surface area contributed by atoms with Crippen molar-refractivity contribution in [2.45, 2.75) is 6.92 Å². The number of aliphatic imine (C=N–C) groups is 1. The molecule has 0 saturated heterocycles. The molecule has 0 fully saturated rings. The van der Waals surface area contributed by atoms with Crippen molar-refractivity contribution < 1.29 is 0 Å². The van der Waals surface area contributed by atoms with Crippen molar-refractivity contribution in [2.75, 3.05) is 29.7 Å². The van der Waals surface area contributed by atoms with Gasteiger partial charge in [-0.2, -0.15) is 0 Å². The number of nitrogens with zero attached hydrogens (tertiary/aromatic N) is 4. The maximum absolute atomic E-state index is 12.3. The Bertz CT molecular complexity index is 895. The zero-order valence-electron chi connectivity index (χ0n) is 15.1. The second kappa shape index (κ2) is 9.05. The van der Waals surface area contributed by atoms with E-state index in [2.05, 4.69) is 9.89 Å². The molecule has 2 rings (SSSR count). The van der Waals surface area contributed by atoms with E-state index in [-0.39, 0.29) is 11.4 Å². The molecule has 6 nitrogen and oxygen atoms in total. The normalized spacial score (nSPS) is 11.3. The Morgan fingerprint density at radius 3 is 2.15 bits per heavy atom. The summed E-state index contributed by atoms with van der Waals surface area (Å²) < 4.78 is 2.46. The third-order valence-electron chi connectivity index (χ3n) is 4.24. The van der Waals surface area contributed by atoms with Crippen LogP contribution in [0.3, 0.4) is 0 Å². The third-order valence-corrected chi connectivity index (χ3v) is 4.57. The molecule has 0 bridgehead atoms. The molecule has 140 valence electrons. The van der Waals surface area contributed by atoms with Crippen LogP contribution in [0, 0.1) is 6.92 Å². The molecule has 0 aliphatic rings. The Balaban J connectivity index is 2.30. The molecule has 0 N–H and O–H groups in total. The van der Waals surface area contributed by atoms with Gasteiger partial charge in [0.25, 0.3) is 5.56 Å².